The average Bonchev–Trinajstić information content (AvgIpc) is 3.52. The zero-order chi connectivity index (χ0) is 32.6. The van der Waals surface area contributed by atoms with Crippen LogP contribution in [0.5, 0.6) is 5.75 Å². The Balaban J connectivity index is 1.23. The minimum atomic E-state index is -1.58. The molecule has 0 spiro atoms. The molecule has 4 aliphatic carbocycles. The van der Waals surface area contributed by atoms with E-state index in [2.05, 4.69) is 6.92 Å². The number of halogens is 1. The quantitative estimate of drug-likeness (QED) is 0.358. The minimum absolute atomic E-state index is 0.0276. The fraction of sp³-hybridized carbons (Fsp3) is 0.514. The zero-order valence-electron chi connectivity index (χ0n) is 26.5. The molecule has 7 rings (SSSR count). The topological polar surface area (TPSA) is 128 Å². The standard InChI is InChI=1S/C37H42FNO7/c1-4-21-8-11-28(44-19-20-6-5-7-23(39)14-20)33(38)31(21)34-45-30-16-26-25-10-9-22-15-24(41)12-13-35(22,2)32(25)27(42)17-36(26,3)37(30,46-34)29(43)18-40/h5-8,11-15,25-27,30,32,34,40,42H,4,9-10,16-19,39H2,1-3H3/t25-,26-,27-,30+,32+,34-,35-,36-,37+/m0/s1. The Morgan fingerprint density at radius 1 is 1.22 bits per heavy atom. The van der Waals surface area contributed by atoms with Crippen LogP contribution in [-0.4, -0.2) is 46.2 Å². The van der Waals surface area contributed by atoms with Gasteiger partial charge in [-0.05, 0) is 85.4 Å². The number of nitrogen functional groups attached to an aromatic ring is 1. The predicted molar refractivity (Wildman–Crippen MR) is 168 cm³/mol. The van der Waals surface area contributed by atoms with Gasteiger partial charge in [-0.1, -0.05) is 50.6 Å². The zero-order valence-corrected chi connectivity index (χ0v) is 26.5. The lowest BCUT2D eigenvalue weighted by Gasteiger charge is -2.59. The molecular formula is C37H42FNO7. The number of Topliss-reactive ketones (excluding diaryl/α,β-unsaturated/α-hetero) is 1. The third-order valence-corrected chi connectivity index (χ3v) is 12.0. The van der Waals surface area contributed by atoms with E-state index in [1.807, 2.05) is 26.0 Å². The molecule has 9 heteroatoms. The largest absolute Gasteiger partial charge is 0.486 e. The lowest BCUT2D eigenvalue weighted by molar-refractivity contribution is -0.201. The van der Waals surface area contributed by atoms with Gasteiger partial charge in [0.1, 0.15) is 13.2 Å². The van der Waals surface area contributed by atoms with Gasteiger partial charge in [-0.15, -0.1) is 0 Å². The van der Waals surface area contributed by atoms with Gasteiger partial charge < -0.3 is 30.2 Å². The highest BCUT2D eigenvalue weighted by atomic mass is 19.1. The number of allylic oxidation sites excluding steroid dienone is 4. The molecule has 46 heavy (non-hydrogen) atoms. The Morgan fingerprint density at radius 3 is 2.76 bits per heavy atom. The number of ether oxygens (including phenoxy) is 3. The number of aliphatic hydroxyl groups is 2. The minimum Gasteiger partial charge on any atom is -0.486 e. The summed E-state index contributed by atoms with van der Waals surface area (Å²) in [6, 6.07) is 10.6. The van der Waals surface area contributed by atoms with E-state index in [0.29, 0.717) is 24.1 Å². The first-order valence-electron chi connectivity index (χ1n) is 16.3. The maximum Gasteiger partial charge on any atom is 0.193 e. The summed E-state index contributed by atoms with van der Waals surface area (Å²) in [5, 5.41) is 22.2. The molecule has 0 unspecified atom stereocenters. The second-order valence-electron chi connectivity index (χ2n) is 14.2. The molecule has 3 saturated carbocycles. The van der Waals surface area contributed by atoms with E-state index in [1.165, 1.54) is 0 Å². The van der Waals surface area contributed by atoms with Crippen LogP contribution in [0.25, 0.3) is 0 Å². The van der Waals surface area contributed by atoms with Crippen LogP contribution in [0.15, 0.2) is 60.2 Å². The normalized spacial score (nSPS) is 37.6. The highest BCUT2D eigenvalue weighted by molar-refractivity contribution is 6.01. The number of benzene rings is 2. The van der Waals surface area contributed by atoms with Gasteiger partial charge >= 0.3 is 0 Å². The van der Waals surface area contributed by atoms with Gasteiger partial charge in [-0.25, -0.2) is 4.39 Å². The Kier molecular flexibility index (Phi) is 7.55. The van der Waals surface area contributed by atoms with Crippen molar-refractivity contribution in [3.8, 4) is 5.75 Å². The van der Waals surface area contributed by atoms with Crippen LogP contribution in [-0.2, 0) is 32.1 Å². The Labute approximate surface area is 268 Å². The van der Waals surface area contributed by atoms with E-state index >= 15 is 4.39 Å². The van der Waals surface area contributed by atoms with Crippen molar-refractivity contribution in [1.82, 2.24) is 0 Å². The van der Waals surface area contributed by atoms with Crippen molar-refractivity contribution in [2.24, 2.45) is 28.6 Å². The van der Waals surface area contributed by atoms with Crippen LogP contribution in [0.4, 0.5) is 10.1 Å². The monoisotopic (exact) mass is 631 g/mol. The second-order valence-corrected chi connectivity index (χ2v) is 14.2. The van der Waals surface area contributed by atoms with Crippen molar-refractivity contribution in [2.45, 2.75) is 83.6 Å². The van der Waals surface area contributed by atoms with Gasteiger partial charge in [-0.2, -0.15) is 0 Å². The van der Waals surface area contributed by atoms with Crippen LogP contribution in [0, 0.1) is 34.4 Å². The van der Waals surface area contributed by atoms with Crippen LogP contribution >= 0.6 is 0 Å². The Morgan fingerprint density at radius 2 is 2.02 bits per heavy atom. The number of carbonyl (C=O) groups is 2. The fourth-order valence-electron chi connectivity index (χ4n) is 9.95. The molecule has 5 aliphatic rings. The Hall–Kier alpha value is -3.37. The number of fused-ring (bicyclic) bond motifs is 7. The number of rotatable bonds is 7. The third-order valence-electron chi connectivity index (χ3n) is 12.0. The molecule has 1 saturated heterocycles. The van der Waals surface area contributed by atoms with Crippen molar-refractivity contribution >= 4 is 17.3 Å². The van der Waals surface area contributed by atoms with Crippen molar-refractivity contribution in [3.63, 3.8) is 0 Å². The lowest BCUT2D eigenvalue weighted by atomic mass is 9.46. The first-order valence-corrected chi connectivity index (χ1v) is 16.3. The average molecular weight is 632 g/mol. The summed E-state index contributed by atoms with van der Waals surface area (Å²) in [5.74, 6) is -1.33. The first kappa shape index (κ1) is 31.2. The maximum absolute atomic E-state index is 16.4. The molecule has 8 nitrogen and oxygen atoms in total. The molecule has 0 aromatic heterocycles. The molecule has 1 aliphatic heterocycles. The van der Waals surface area contributed by atoms with Gasteiger partial charge in [0.05, 0.1) is 17.8 Å². The SMILES string of the molecule is CCc1ccc(OCc2cccc(N)c2)c(F)c1[C@H]1O[C@@H]2C[C@H]3[C@@H]4CCC5=CC(=O)C=C[C@]5(C)[C@H]4[C@@H](O)C[C@]3(C)[C@]2(C(=O)CO)O1. The van der Waals surface area contributed by atoms with E-state index in [-0.39, 0.29) is 47.9 Å². The first-order chi connectivity index (χ1) is 22.0. The maximum atomic E-state index is 16.4. The summed E-state index contributed by atoms with van der Waals surface area (Å²) in [6.07, 6.45) is 5.18. The number of aliphatic hydroxyl groups excluding tert-OH is 2. The molecule has 1 heterocycles. The molecular weight excluding hydrogens is 589 g/mol. The summed E-state index contributed by atoms with van der Waals surface area (Å²) in [5.41, 5.74) is 6.21. The van der Waals surface area contributed by atoms with Gasteiger partial charge in [0.15, 0.2) is 35.0 Å². The van der Waals surface area contributed by atoms with Gasteiger partial charge in [0, 0.05) is 22.4 Å². The van der Waals surface area contributed by atoms with E-state index in [9.17, 15) is 19.8 Å². The predicted octanol–water partition coefficient (Wildman–Crippen LogP) is 5.15. The number of hydrogen-bond acceptors (Lipinski definition) is 8. The number of hydrogen-bond donors (Lipinski definition) is 3. The second kappa shape index (κ2) is 11.1. The van der Waals surface area contributed by atoms with Crippen LogP contribution in [0.2, 0.25) is 0 Å². The van der Waals surface area contributed by atoms with Crippen molar-refractivity contribution in [1.29, 1.82) is 0 Å². The third kappa shape index (κ3) is 4.39. The summed E-state index contributed by atoms with van der Waals surface area (Å²) in [4.78, 5) is 26.1. The number of nitrogens with two attached hydrogens (primary N) is 1. The van der Waals surface area contributed by atoms with E-state index in [1.54, 1.807) is 42.5 Å². The van der Waals surface area contributed by atoms with Crippen LogP contribution < -0.4 is 10.5 Å². The van der Waals surface area contributed by atoms with Crippen LogP contribution in [0.3, 0.4) is 0 Å². The molecule has 0 radical (unpaired) electrons. The van der Waals surface area contributed by atoms with Crippen LogP contribution in [0.1, 0.15) is 69.4 Å². The van der Waals surface area contributed by atoms with Gasteiger partial charge in [-0.3, -0.25) is 9.59 Å². The van der Waals surface area contributed by atoms with E-state index in [4.69, 9.17) is 19.9 Å². The number of carbonyl (C=O) groups excluding carboxylic acids is 2. The molecule has 0 bridgehead atoms. The lowest BCUT2D eigenvalue weighted by Crippen LogP contribution is -2.63. The number of aryl methyl sites for hydroxylation is 1. The van der Waals surface area contributed by atoms with Crippen molar-refractivity contribution in [3.05, 3.63) is 82.7 Å². The Bertz CT molecular complexity index is 1650. The molecule has 244 valence electrons. The molecule has 9 atom stereocenters. The van der Waals surface area contributed by atoms with Crippen molar-refractivity contribution in [2.75, 3.05) is 12.3 Å². The van der Waals surface area contributed by atoms with Gasteiger partial charge in [0.25, 0.3) is 0 Å². The molecule has 4 fully saturated rings. The van der Waals surface area contributed by atoms with E-state index in [0.717, 1.165) is 24.0 Å². The number of anilines is 1. The summed E-state index contributed by atoms with van der Waals surface area (Å²) >= 11 is 0. The highest BCUT2D eigenvalue weighted by Crippen LogP contribution is 2.70. The molecule has 0 amide bonds. The van der Waals surface area contributed by atoms with Gasteiger partial charge in [0.2, 0.25) is 0 Å². The number of ketones is 2. The summed E-state index contributed by atoms with van der Waals surface area (Å²) < 4.78 is 35.5. The highest BCUT2D eigenvalue weighted by Gasteiger charge is 2.76. The molecule has 2 aromatic carbocycles. The smallest absolute Gasteiger partial charge is 0.193 e. The van der Waals surface area contributed by atoms with Crippen molar-refractivity contribution < 1.29 is 38.4 Å². The fourth-order valence-corrected chi connectivity index (χ4v) is 9.95. The summed E-state index contributed by atoms with van der Waals surface area (Å²) in [6.45, 7) is 5.31. The summed E-state index contributed by atoms with van der Waals surface area (Å²) in [7, 11) is 0. The van der Waals surface area contributed by atoms with E-state index < -0.39 is 53.1 Å². The molecule has 2 aromatic rings. The molecule has 4 N–H and O–H groups in total.